The summed E-state index contributed by atoms with van der Waals surface area (Å²) in [4.78, 5) is 0. The van der Waals surface area contributed by atoms with Gasteiger partial charge in [0.2, 0.25) is 0 Å². The van der Waals surface area contributed by atoms with Crippen molar-refractivity contribution in [3.05, 3.63) is 29.8 Å². The van der Waals surface area contributed by atoms with Crippen LogP contribution in [0.25, 0.3) is 0 Å². The molecule has 2 unspecified atom stereocenters. The highest BCUT2D eigenvalue weighted by Gasteiger charge is 2.21. The maximum absolute atomic E-state index is 5.82. The summed E-state index contributed by atoms with van der Waals surface area (Å²) in [5.74, 6) is 1.58. The van der Waals surface area contributed by atoms with Crippen molar-refractivity contribution < 1.29 is 9.47 Å². The Balaban J connectivity index is 1.92. The van der Waals surface area contributed by atoms with Crippen LogP contribution in [0.4, 0.5) is 0 Å². The number of benzene rings is 1. The first-order valence-corrected chi connectivity index (χ1v) is 8.27. The number of ether oxygens (including phenoxy) is 2. The zero-order valence-electron chi connectivity index (χ0n) is 13.4. The van der Waals surface area contributed by atoms with Gasteiger partial charge in [-0.15, -0.1) is 0 Å². The minimum Gasteiger partial charge on any atom is -0.497 e. The van der Waals surface area contributed by atoms with Crippen molar-refractivity contribution in [2.24, 2.45) is 5.92 Å². The molecule has 1 aliphatic rings. The third-order valence-electron chi connectivity index (χ3n) is 4.14. The summed E-state index contributed by atoms with van der Waals surface area (Å²) in [6, 6.07) is 8.44. The topological polar surface area (TPSA) is 30.5 Å². The molecule has 1 N–H and O–H groups in total. The van der Waals surface area contributed by atoms with Gasteiger partial charge < -0.3 is 14.8 Å². The molecule has 0 spiro atoms. The predicted octanol–water partition coefficient (Wildman–Crippen LogP) is 3.42. The molecule has 0 aromatic heterocycles. The second kappa shape index (κ2) is 9.06. The van der Waals surface area contributed by atoms with Crippen LogP contribution in [-0.2, 0) is 11.2 Å². The second-order valence-corrected chi connectivity index (χ2v) is 6.00. The Bertz CT molecular complexity index is 402. The van der Waals surface area contributed by atoms with Gasteiger partial charge in [0.25, 0.3) is 0 Å². The molecule has 0 amide bonds. The Kier molecular flexibility index (Phi) is 7.04. The maximum atomic E-state index is 5.82. The molecule has 1 saturated heterocycles. The van der Waals surface area contributed by atoms with E-state index in [1.807, 2.05) is 6.07 Å². The van der Waals surface area contributed by atoms with Gasteiger partial charge in [-0.2, -0.15) is 0 Å². The molecule has 1 heterocycles. The van der Waals surface area contributed by atoms with Gasteiger partial charge in [0.15, 0.2) is 0 Å². The maximum Gasteiger partial charge on any atom is 0.119 e. The van der Waals surface area contributed by atoms with Crippen molar-refractivity contribution >= 4 is 0 Å². The molecule has 3 heteroatoms. The molecule has 0 radical (unpaired) electrons. The summed E-state index contributed by atoms with van der Waals surface area (Å²) in [5.41, 5.74) is 1.36. The molecule has 1 aliphatic heterocycles. The van der Waals surface area contributed by atoms with Gasteiger partial charge in [-0.1, -0.05) is 19.1 Å². The first kappa shape index (κ1) is 16.3. The summed E-state index contributed by atoms with van der Waals surface area (Å²) in [6.45, 7) is 5.33. The van der Waals surface area contributed by atoms with E-state index in [4.69, 9.17) is 9.47 Å². The van der Waals surface area contributed by atoms with Gasteiger partial charge in [-0.05, 0) is 68.8 Å². The SMILES string of the molecule is CCCNCC(Cc1cccc(OC)c1)CC1CCCO1. The Morgan fingerprint density at radius 2 is 2.33 bits per heavy atom. The molecule has 1 aromatic carbocycles. The van der Waals surface area contributed by atoms with Crippen LogP contribution in [-0.4, -0.2) is 32.9 Å². The van der Waals surface area contributed by atoms with Crippen molar-refractivity contribution in [3.8, 4) is 5.75 Å². The van der Waals surface area contributed by atoms with Crippen molar-refractivity contribution in [1.82, 2.24) is 5.32 Å². The molecule has 0 saturated carbocycles. The van der Waals surface area contributed by atoms with Gasteiger partial charge in [-0.3, -0.25) is 0 Å². The highest BCUT2D eigenvalue weighted by molar-refractivity contribution is 5.28. The van der Waals surface area contributed by atoms with E-state index >= 15 is 0 Å². The van der Waals surface area contributed by atoms with Crippen LogP contribution >= 0.6 is 0 Å². The van der Waals surface area contributed by atoms with Crippen LogP contribution in [0, 0.1) is 5.92 Å². The third kappa shape index (κ3) is 5.68. The lowest BCUT2D eigenvalue weighted by Crippen LogP contribution is -2.28. The molecule has 1 aromatic rings. The molecule has 3 nitrogen and oxygen atoms in total. The first-order chi connectivity index (χ1) is 10.3. The first-order valence-electron chi connectivity index (χ1n) is 8.27. The van der Waals surface area contributed by atoms with Gasteiger partial charge in [0.05, 0.1) is 13.2 Å². The van der Waals surface area contributed by atoms with Crippen LogP contribution in [0.3, 0.4) is 0 Å². The fourth-order valence-electron chi connectivity index (χ4n) is 3.06. The minimum atomic E-state index is 0.462. The van der Waals surface area contributed by atoms with E-state index in [0.717, 1.165) is 38.3 Å². The summed E-state index contributed by atoms with van der Waals surface area (Å²) in [6.07, 6.45) is 6.35. The number of rotatable bonds is 9. The van der Waals surface area contributed by atoms with Crippen molar-refractivity contribution in [1.29, 1.82) is 0 Å². The van der Waals surface area contributed by atoms with Crippen molar-refractivity contribution in [2.45, 2.75) is 45.1 Å². The van der Waals surface area contributed by atoms with Crippen LogP contribution in [0.2, 0.25) is 0 Å². The van der Waals surface area contributed by atoms with Gasteiger partial charge >= 0.3 is 0 Å². The lowest BCUT2D eigenvalue weighted by Gasteiger charge is -2.21. The quantitative estimate of drug-likeness (QED) is 0.707. The zero-order chi connectivity index (χ0) is 14.9. The van der Waals surface area contributed by atoms with Crippen LogP contribution in [0.1, 0.15) is 38.2 Å². The molecule has 0 bridgehead atoms. The summed E-state index contributed by atoms with van der Waals surface area (Å²) in [5, 5.41) is 3.57. The molecular weight excluding hydrogens is 262 g/mol. The summed E-state index contributed by atoms with van der Waals surface area (Å²) < 4.78 is 11.1. The number of hydrogen-bond donors (Lipinski definition) is 1. The third-order valence-corrected chi connectivity index (χ3v) is 4.14. The van der Waals surface area contributed by atoms with E-state index < -0.39 is 0 Å². The van der Waals surface area contributed by atoms with Crippen LogP contribution < -0.4 is 10.1 Å². The molecule has 118 valence electrons. The average molecular weight is 291 g/mol. The van der Waals surface area contributed by atoms with Crippen molar-refractivity contribution in [2.75, 3.05) is 26.8 Å². The molecule has 1 fully saturated rings. The lowest BCUT2D eigenvalue weighted by atomic mass is 9.92. The van der Waals surface area contributed by atoms with Crippen LogP contribution in [0.5, 0.6) is 5.75 Å². The number of methoxy groups -OCH3 is 1. The van der Waals surface area contributed by atoms with E-state index in [9.17, 15) is 0 Å². The molecule has 2 atom stereocenters. The highest BCUT2D eigenvalue weighted by Crippen LogP contribution is 2.23. The van der Waals surface area contributed by atoms with Gasteiger partial charge in [-0.25, -0.2) is 0 Å². The Morgan fingerprint density at radius 3 is 3.05 bits per heavy atom. The van der Waals surface area contributed by atoms with E-state index in [2.05, 4.69) is 30.4 Å². The van der Waals surface area contributed by atoms with E-state index in [0.29, 0.717) is 12.0 Å². The largest absolute Gasteiger partial charge is 0.497 e. The van der Waals surface area contributed by atoms with E-state index in [-0.39, 0.29) is 0 Å². The molecule has 0 aliphatic carbocycles. The molecule has 21 heavy (non-hydrogen) atoms. The predicted molar refractivity (Wildman–Crippen MR) is 86.9 cm³/mol. The smallest absolute Gasteiger partial charge is 0.119 e. The second-order valence-electron chi connectivity index (χ2n) is 6.00. The molecule has 2 rings (SSSR count). The van der Waals surface area contributed by atoms with Gasteiger partial charge in [0, 0.05) is 6.61 Å². The lowest BCUT2D eigenvalue weighted by molar-refractivity contribution is 0.0892. The van der Waals surface area contributed by atoms with E-state index in [1.165, 1.54) is 24.8 Å². The number of nitrogens with one attached hydrogen (secondary N) is 1. The highest BCUT2D eigenvalue weighted by atomic mass is 16.5. The summed E-state index contributed by atoms with van der Waals surface area (Å²) in [7, 11) is 1.73. The molecular formula is C18H29NO2. The normalized spacial score (nSPS) is 19.6. The average Bonchev–Trinajstić information content (AvgIpc) is 3.00. The fraction of sp³-hybridized carbons (Fsp3) is 0.667. The Morgan fingerprint density at radius 1 is 1.43 bits per heavy atom. The zero-order valence-corrected chi connectivity index (χ0v) is 13.4. The van der Waals surface area contributed by atoms with Gasteiger partial charge in [0.1, 0.15) is 5.75 Å². The van der Waals surface area contributed by atoms with Crippen molar-refractivity contribution in [3.63, 3.8) is 0 Å². The monoisotopic (exact) mass is 291 g/mol. The van der Waals surface area contributed by atoms with Crippen LogP contribution in [0.15, 0.2) is 24.3 Å². The minimum absolute atomic E-state index is 0.462. The Hall–Kier alpha value is -1.06. The fourth-order valence-corrected chi connectivity index (χ4v) is 3.06. The standard InChI is InChI=1S/C18H29NO2/c1-3-9-19-14-16(13-18-8-5-10-21-18)11-15-6-4-7-17(12-15)20-2/h4,6-7,12,16,18-19H,3,5,8-11,13-14H2,1-2H3. The number of hydrogen-bond acceptors (Lipinski definition) is 3. The Labute approximate surface area is 129 Å². The van der Waals surface area contributed by atoms with E-state index in [1.54, 1.807) is 7.11 Å². The summed E-state index contributed by atoms with van der Waals surface area (Å²) >= 11 is 0.